The van der Waals surface area contributed by atoms with Gasteiger partial charge in [0.15, 0.2) is 0 Å². The van der Waals surface area contributed by atoms with Gasteiger partial charge in [-0.2, -0.15) is 0 Å². The Hall–Kier alpha value is -2.33. The third-order valence-corrected chi connectivity index (χ3v) is 3.95. The first-order valence-electron chi connectivity index (χ1n) is 7.96. The van der Waals surface area contributed by atoms with Crippen molar-refractivity contribution in [3.63, 3.8) is 0 Å². The van der Waals surface area contributed by atoms with E-state index >= 15 is 0 Å². The SMILES string of the molecule is CCCc1ccc(NC(=O)[C@@H](C)NC(=O)c2ccccc2Cl)cc1. The summed E-state index contributed by atoms with van der Waals surface area (Å²) in [5.74, 6) is -0.653. The van der Waals surface area contributed by atoms with Crippen LogP contribution in [-0.4, -0.2) is 17.9 Å². The Morgan fingerprint density at radius 3 is 2.38 bits per heavy atom. The van der Waals surface area contributed by atoms with Crippen molar-refractivity contribution in [2.24, 2.45) is 0 Å². The standard InChI is InChI=1S/C19H21ClN2O2/c1-3-6-14-9-11-15(12-10-14)22-18(23)13(2)21-19(24)16-7-4-5-8-17(16)20/h4-5,7-13H,3,6H2,1-2H3,(H,21,24)(H,22,23)/t13-/m1/s1. The summed E-state index contributed by atoms with van der Waals surface area (Å²) in [6, 6.07) is 13.8. The average molecular weight is 345 g/mol. The largest absolute Gasteiger partial charge is 0.340 e. The molecule has 5 heteroatoms. The molecule has 0 saturated carbocycles. The van der Waals surface area contributed by atoms with E-state index in [2.05, 4.69) is 17.6 Å². The van der Waals surface area contributed by atoms with Gasteiger partial charge >= 0.3 is 0 Å². The summed E-state index contributed by atoms with van der Waals surface area (Å²) in [6.07, 6.45) is 2.09. The van der Waals surface area contributed by atoms with Crippen molar-refractivity contribution < 1.29 is 9.59 Å². The van der Waals surface area contributed by atoms with Gasteiger partial charge in [0.1, 0.15) is 6.04 Å². The minimum atomic E-state index is -0.677. The van der Waals surface area contributed by atoms with Crippen LogP contribution < -0.4 is 10.6 Å². The van der Waals surface area contributed by atoms with Crippen LogP contribution in [0.1, 0.15) is 36.2 Å². The van der Waals surface area contributed by atoms with Crippen molar-refractivity contribution in [1.29, 1.82) is 0 Å². The molecule has 0 aliphatic rings. The van der Waals surface area contributed by atoms with Crippen LogP contribution >= 0.6 is 11.6 Å². The fraction of sp³-hybridized carbons (Fsp3) is 0.263. The number of carbonyl (C=O) groups excluding carboxylic acids is 2. The van der Waals surface area contributed by atoms with Crippen LogP contribution in [0.25, 0.3) is 0 Å². The minimum absolute atomic E-state index is 0.279. The Kier molecular flexibility index (Phi) is 6.38. The molecule has 2 N–H and O–H groups in total. The molecule has 4 nitrogen and oxygen atoms in total. The molecule has 0 aliphatic heterocycles. The third kappa shape index (κ3) is 4.83. The third-order valence-electron chi connectivity index (χ3n) is 3.62. The molecule has 0 fully saturated rings. The van der Waals surface area contributed by atoms with Crippen molar-refractivity contribution >= 4 is 29.1 Å². The van der Waals surface area contributed by atoms with E-state index in [1.807, 2.05) is 24.3 Å². The quantitative estimate of drug-likeness (QED) is 0.830. The summed E-state index contributed by atoms with van der Waals surface area (Å²) in [7, 11) is 0. The summed E-state index contributed by atoms with van der Waals surface area (Å²) < 4.78 is 0. The number of amides is 2. The number of hydrogen-bond donors (Lipinski definition) is 2. The molecule has 0 spiro atoms. The molecule has 0 unspecified atom stereocenters. The van der Waals surface area contributed by atoms with Gasteiger partial charge in [0.2, 0.25) is 5.91 Å². The molecule has 0 radical (unpaired) electrons. The fourth-order valence-corrected chi connectivity index (χ4v) is 2.50. The van der Waals surface area contributed by atoms with Crippen LogP contribution in [0.3, 0.4) is 0 Å². The van der Waals surface area contributed by atoms with Gasteiger partial charge in [-0.3, -0.25) is 9.59 Å². The molecule has 0 bridgehead atoms. The number of benzene rings is 2. The predicted octanol–water partition coefficient (Wildman–Crippen LogP) is 4.05. The lowest BCUT2D eigenvalue weighted by Gasteiger charge is -2.15. The monoisotopic (exact) mass is 344 g/mol. The molecule has 24 heavy (non-hydrogen) atoms. The van der Waals surface area contributed by atoms with Crippen molar-refractivity contribution in [3.05, 3.63) is 64.7 Å². The maximum Gasteiger partial charge on any atom is 0.253 e. The number of rotatable bonds is 6. The second-order valence-corrected chi connectivity index (χ2v) is 6.02. The smallest absolute Gasteiger partial charge is 0.253 e. The zero-order valence-electron chi connectivity index (χ0n) is 13.8. The molecule has 2 aromatic carbocycles. The van der Waals surface area contributed by atoms with Crippen molar-refractivity contribution in [2.45, 2.75) is 32.7 Å². The summed E-state index contributed by atoms with van der Waals surface area (Å²) in [4.78, 5) is 24.4. The molecule has 2 rings (SSSR count). The van der Waals surface area contributed by atoms with Gasteiger partial charge in [-0.25, -0.2) is 0 Å². The lowest BCUT2D eigenvalue weighted by atomic mass is 10.1. The van der Waals surface area contributed by atoms with E-state index in [4.69, 9.17) is 11.6 Å². The van der Waals surface area contributed by atoms with Crippen molar-refractivity contribution in [2.75, 3.05) is 5.32 Å². The highest BCUT2D eigenvalue weighted by Gasteiger charge is 2.18. The molecule has 2 amide bonds. The van der Waals surface area contributed by atoms with Crippen LogP contribution in [0.4, 0.5) is 5.69 Å². The highest BCUT2D eigenvalue weighted by Crippen LogP contribution is 2.15. The van der Waals surface area contributed by atoms with Gasteiger partial charge in [-0.05, 0) is 43.2 Å². The van der Waals surface area contributed by atoms with E-state index in [0.29, 0.717) is 16.3 Å². The fourth-order valence-electron chi connectivity index (χ4n) is 2.28. The number of halogens is 1. The van der Waals surface area contributed by atoms with Crippen molar-refractivity contribution in [3.8, 4) is 0 Å². The van der Waals surface area contributed by atoms with Gasteiger partial charge in [0.05, 0.1) is 10.6 Å². The second kappa shape index (κ2) is 8.50. The van der Waals surface area contributed by atoms with Crippen LogP contribution in [0.2, 0.25) is 5.02 Å². The highest BCUT2D eigenvalue weighted by molar-refractivity contribution is 6.33. The molecular formula is C19H21ClN2O2. The number of aryl methyl sites for hydroxylation is 1. The van der Waals surface area contributed by atoms with Crippen LogP contribution in [0.5, 0.6) is 0 Å². The lowest BCUT2D eigenvalue weighted by Crippen LogP contribution is -2.41. The maximum atomic E-state index is 12.2. The number of carbonyl (C=O) groups is 2. The number of anilines is 1. The average Bonchev–Trinajstić information content (AvgIpc) is 2.57. The van der Waals surface area contributed by atoms with E-state index < -0.39 is 6.04 Å². The second-order valence-electron chi connectivity index (χ2n) is 5.61. The normalized spacial score (nSPS) is 11.6. The summed E-state index contributed by atoms with van der Waals surface area (Å²) in [5.41, 5.74) is 2.29. The highest BCUT2D eigenvalue weighted by atomic mass is 35.5. The van der Waals surface area contributed by atoms with E-state index in [0.717, 1.165) is 12.8 Å². The lowest BCUT2D eigenvalue weighted by molar-refractivity contribution is -0.117. The van der Waals surface area contributed by atoms with E-state index in [1.54, 1.807) is 31.2 Å². The van der Waals surface area contributed by atoms with Crippen LogP contribution in [-0.2, 0) is 11.2 Å². The molecular weight excluding hydrogens is 324 g/mol. The molecule has 126 valence electrons. The van der Waals surface area contributed by atoms with E-state index in [1.165, 1.54) is 5.56 Å². The first kappa shape index (κ1) is 18.0. The molecule has 0 saturated heterocycles. The summed E-state index contributed by atoms with van der Waals surface area (Å²) in [5, 5.41) is 5.80. The molecule has 2 aromatic rings. The first-order chi connectivity index (χ1) is 11.5. The Morgan fingerprint density at radius 2 is 1.75 bits per heavy atom. The van der Waals surface area contributed by atoms with Crippen LogP contribution in [0, 0.1) is 0 Å². The number of nitrogens with one attached hydrogen (secondary N) is 2. The number of hydrogen-bond acceptors (Lipinski definition) is 2. The van der Waals surface area contributed by atoms with E-state index in [-0.39, 0.29) is 11.8 Å². The van der Waals surface area contributed by atoms with Gasteiger partial charge in [-0.1, -0.05) is 49.2 Å². The minimum Gasteiger partial charge on any atom is -0.340 e. The van der Waals surface area contributed by atoms with Crippen LogP contribution in [0.15, 0.2) is 48.5 Å². The van der Waals surface area contributed by atoms with Gasteiger partial charge in [0.25, 0.3) is 5.91 Å². The van der Waals surface area contributed by atoms with Gasteiger partial charge in [0, 0.05) is 5.69 Å². The molecule has 1 atom stereocenters. The predicted molar refractivity (Wildman–Crippen MR) is 97.4 cm³/mol. The molecule has 0 aromatic heterocycles. The van der Waals surface area contributed by atoms with Gasteiger partial charge < -0.3 is 10.6 Å². The zero-order valence-corrected chi connectivity index (χ0v) is 14.6. The molecule has 0 heterocycles. The maximum absolute atomic E-state index is 12.2. The topological polar surface area (TPSA) is 58.2 Å². The Morgan fingerprint density at radius 1 is 1.08 bits per heavy atom. The zero-order chi connectivity index (χ0) is 17.5. The van der Waals surface area contributed by atoms with E-state index in [9.17, 15) is 9.59 Å². The van der Waals surface area contributed by atoms with Crippen molar-refractivity contribution in [1.82, 2.24) is 5.32 Å². The summed E-state index contributed by atoms with van der Waals surface area (Å²) >= 11 is 5.99. The Labute approximate surface area is 147 Å². The Bertz CT molecular complexity index is 714. The summed E-state index contributed by atoms with van der Waals surface area (Å²) in [6.45, 7) is 3.76. The molecule has 0 aliphatic carbocycles. The van der Waals surface area contributed by atoms with Gasteiger partial charge in [-0.15, -0.1) is 0 Å². The first-order valence-corrected chi connectivity index (χ1v) is 8.34. The Balaban J connectivity index is 1.94.